The summed E-state index contributed by atoms with van der Waals surface area (Å²) in [6.07, 6.45) is 6.38. The molecule has 0 radical (unpaired) electrons. The molecule has 1 saturated heterocycles. The molecule has 1 atom stereocenters. The molecule has 3 nitrogen and oxygen atoms in total. The number of aromatic nitrogens is 2. The molecular formula is C11H16N2O. The van der Waals surface area contributed by atoms with Crippen LogP contribution in [0.5, 0.6) is 0 Å². The van der Waals surface area contributed by atoms with Crippen molar-refractivity contribution >= 4 is 0 Å². The minimum Gasteiger partial charge on any atom is -0.372 e. The molecule has 0 spiro atoms. The fraction of sp³-hybridized carbons (Fsp3) is 0.727. The van der Waals surface area contributed by atoms with E-state index in [9.17, 15) is 0 Å². The maximum atomic E-state index is 5.73. The molecular weight excluding hydrogens is 176 g/mol. The Bertz CT molecular complexity index is 305. The van der Waals surface area contributed by atoms with Crippen molar-refractivity contribution in [1.82, 2.24) is 9.78 Å². The van der Waals surface area contributed by atoms with Gasteiger partial charge in [-0.1, -0.05) is 0 Å². The normalized spacial score (nSPS) is 26.4. The van der Waals surface area contributed by atoms with Gasteiger partial charge in [-0.15, -0.1) is 0 Å². The van der Waals surface area contributed by atoms with Gasteiger partial charge in [0, 0.05) is 18.8 Å². The molecule has 3 rings (SSSR count). The first kappa shape index (κ1) is 8.48. The monoisotopic (exact) mass is 192 g/mol. The summed E-state index contributed by atoms with van der Waals surface area (Å²) in [5.41, 5.74) is 2.56. The molecule has 0 saturated carbocycles. The van der Waals surface area contributed by atoms with Crippen LogP contribution in [-0.2, 0) is 17.7 Å². The second-order valence-corrected chi connectivity index (χ2v) is 4.24. The summed E-state index contributed by atoms with van der Waals surface area (Å²) in [6.45, 7) is 2.01. The lowest BCUT2D eigenvalue weighted by atomic mass is 10.1. The fourth-order valence-corrected chi connectivity index (χ4v) is 2.41. The minimum absolute atomic E-state index is 0.279. The molecule has 0 aromatic carbocycles. The summed E-state index contributed by atoms with van der Waals surface area (Å²) in [5.74, 6) is 0. The Balaban J connectivity index is 1.82. The molecule has 2 aliphatic rings. The standard InChI is InChI=1S/C11H16N2O/c1-2-7-14-11(5-1)10-8-9-4-3-6-13(9)12-10/h8,11H,1-7H2. The van der Waals surface area contributed by atoms with Crippen LogP contribution in [0.15, 0.2) is 6.07 Å². The number of nitrogens with zero attached hydrogens (tertiary/aromatic N) is 2. The topological polar surface area (TPSA) is 27.1 Å². The van der Waals surface area contributed by atoms with Crippen LogP contribution in [0.1, 0.15) is 43.2 Å². The zero-order valence-corrected chi connectivity index (χ0v) is 8.41. The predicted molar refractivity (Wildman–Crippen MR) is 53.1 cm³/mol. The molecule has 1 aromatic rings. The highest BCUT2D eigenvalue weighted by molar-refractivity contribution is 5.15. The summed E-state index contributed by atoms with van der Waals surface area (Å²) < 4.78 is 7.87. The van der Waals surface area contributed by atoms with Crippen molar-refractivity contribution in [2.75, 3.05) is 6.61 Å². The van der Waals surface area contributed by atoms with Crippen molar-refractivity contribution in [3.8, 4) is 0 Å². The highest BCUT2D eigenvalue weighted by Gasteiger charge is 2.22. The van der Waals surface area contributed by atoms with Gasteiger partial charge < -0.3 is 4.74 Å². The summed E-state index contributed by atoms with van der Waals surface area (Å²) in [5, 5.41) is 4.61. The molecule has 76 valence electrons. The van der Waals surface area contributed by atoms with E-state index in [0.29, 0.717) is 0 Å². The Morgan fingerprint density at radius 2 is 2.36 bits per heavy atom. The molecule has 0 amide bonds. The van der Waals surface area contributed by atoms with Crippen molar-refractivity contribution in [2.24, 2.45) is 0 Å². The van der Waals surface area contributed by atoms with Crippen LogP contribution >= 0.6 is 0 Å². The Morgan fingerprint density at radius 1 is 1.36 bits per heavy atom. The van der Waals surface area contributed by atoms with E-state index in [4.69, 9.17) is 4.74 Å². The number of fused-ring (bicyclic) bond motifs is 1. The third-order valence-electron chi connectivity index (χ3n) is 3.19. The van der Waals surface area contributed by atoms with Crippen molar-refractivity contribution in [1.29, 1.82) is 0 Å². The maximum absolute atomic E-state index is 5.73. The highest BCUT2D eigenvalue weighted by Crippen LogP contribution is 2.28. The van der Waals surface area contributed by atoms with E-state index in [-0.39, 0.29) is 6.10 Å². The Morgan fingerprint density at radius 3 is 3.14 bits per heavy atom. The van der Waals surface area contributed by atoms with Gasteiger partial charge in [-0.2, -0.15) is 5.10 Å². The SMILES string of the molecule is c1c(C2CCCCO2)nn2c1CCC2. The van der Waals surface area contributed by atoms with Crippen molar-refractivity contribution in [3.05, 3.63) is 17.5 Å². The maximum Gasteiger partial charge on any atom is 0.101 e. The van der Waals surface area contributed by atoms with Crippen LogP contribution in [0, 0.1) is 0 Å². The van der Waals surface area contributed by atoms with E-state index in [0.717, 1.165) is 19.6 Å². The van der Waals surface area contributed by atoms with Gasteiger partial charge in [0.1, 0.15) is 6.10 Å². The van der Waals surface area contributed by atoms with E-state index in [2.05, 4.69) is 15.8 Å². The van der Waals surface area contributed by atoms with Gasteiger partial charge in [0.05, 0.1) is 5.69 Å². The summed E-state index contributed by atoms with van der Waals surface area (Å²) in [4.78, 5) is 0. The first-order valence-electron chi connectivity index (χ1n) is 5.62. The lowest BCUT2D eigenvalue weighted by Crippen LogP contribution is -2.12. The fourth-order valence-electron chi connectivity index (χ4n) is 2.41. The molecule has 1 unspecified atom stereocenters. The second kappa shape index (κ2) is 3.39. The van der Waals surface area contributed by atoms with Crippen LogP contribution in [0.4, 0.5) is 0 Å². The summed E-state index contributed by atoms with van der Waals surface area (Å²) >= 11 is 0. The molecule has 1 aromatic heterocycles. The van der Waals surface area contributed by atoms with Gasteiger partial charge in [-0.25, -0.2) is 0 Å². The van der Waals surface area contributed by atoms with Crippen LogP contribution in [0.3, 0.4) is 0 Å². The quantitative estimate of drug-likeness (QED) is 0.681. The third kappa shape index (κ3) is 1.36. The number of ether oxygens (including phenoxy) is 1. The smallest absolute Gasteiger partial charge is 0.101 e. The third-order valence-corrected chi connectivity index (χ3v) is 3.19. The summed E-state index contributed by atoms with van der Waals surface area (Å²) in [7, 11) is 0. The van der Waals surface area contributed by atoms with E-state index < -0.39 is 0 Å². The van der Waals surface area contributed by atoms with Gasteiger partial charge in [-0.3, -0.25) is 4.68 Å². The number of rotatable bonds is 1. The molecule has 3 heterocycles. The molecule has 2 aliphatic heterocycles. The van der Waals surface area contributed by atoms with Crippen molar-refractivity contribution < 1.29 is 4.74 Å². The van der Waals surface area contributed by atoms with Crippen molar-refractivity contribution in [2.45, 2.75) is 44.8 Å². The van der Waals surface area contributed by atoms with Gasteiger partial charge in [0.2, 0.25) is 0 Å². The lowest BCUT2D eigenvalue weighted by Gasteiger charge is -2.20. The zero-order valence-electron chi connectivity index (χ0n) is 8.41. The zero-order chi connectivity index (χ0) is 9.38. The Hall–Kier alpha value is -0.830. The van der Waals surface area contributed by atoms with E-state index >= 15 is 0 Å². The number of hydrogen-bond acceptors (Lipinski definition) is 2. The van der Waals surface area contributed by atoms with Gasteiger partial charge >= 0.3 is 0 Å². The average Bonchev–Trinajstić information content (AvgIpc) is 2.78. The number of hydrogen-bond donors (Lipinski definition) is 0. The van der Waals surface area contributed by atoms with Crippen LogP contribution in [0.2, 0.25) is 0 Å². The van der Waals surface area contributed by atoms with Crippen LogP contribution in [-0.4, -0.2) is 16.4 Å². The Labute approximate surface area is 84.1 Å². The minimum atomic E-state index is 0.279. The van der Waals surface area contributed by atoms with Gasteiger partial charge in [-0.05, 0) is 38.2 Å². The first-order valence-corrected chi connectivity index (χ1v) is 5.62. The highest BCUT2D eigenvalue weighted by atomic mass is 16.5. The lowest BCUT2D eigenvalue weighted by molar-refractivity contribution is 0.0119. The predicted octanol–water partition coefficient (Wildman–Crippen LogP) is 2.07. The number of aryl methyl sites for hydroxylation is 2. The Kier molecular flexibility index (Phi) is 2.05. The van der Waals surface area contributed by atoms with Crippen LogP contribution < -0.4 is 0 Å². The second-order valence-electron chi connectivity index (χ2n) is 4.24. The van der Waals surface area contributed by atoms with Crippen molar-refractivity contribution in [3.63, 3.8) is 0 Å². The average molecular weight is 192 g/mol. The van der Waals surface area contributed by atoms with Gasteiger partial charge in [0.15, 0.2) is 0 Å². The molecule has 3 heteroatoms. The van der Waals surface area contributed by atoms with E-state index in [1.54, 1.807) is 0 Å². The van der Waals surface area contributed by atoms with Crippen LogP contribution in [0.25, 0.3) is 0 Å². The largest absolute Gasteiger partial charge is 0.372 e. The first-order chi connectivity index (χ1) is 6.93. The molecule has 0 aliphatic carbocycles. The molecule has 0 N–H and O–H groups in total. The van der Waals surface area contributed by atoms with E-state index in [1.807, 2.05) is 0 Å². The molecule has 1 fully saturated rings. The summed E-state index contributed by atoms with van der Waals surface area (Å²) in [6, 6.07) is 2.24. The van der Waals surface area contributed by atoms with E-state index in [1.165, 1.54) is 37.1 Å². The molecule has 0 bridgehead atoms. The molecule has 14 heavy (non-hydrogen) atoms. The van der Waals surface area contributed by atoms with Gasteiger partial charge in [0.25, 0.3) is 0 Å².